The fraction of sp³-hybridized carbons (Fsp3) is 0.967. The van der Waals surface area contributed by atoms with Crippen molar-refractivity contribution in [2.75, 3.05) is 13.2 Å². The van der Waals surface area contributed by atoms with Gasteiger partial charge in [0.2, 0.25) is 5.91 Å². The van der Waals surface area contributed by atoms with Crippen LogP contribution >= 0.6 is 0 Å². The van der Waals surface area contributed by atoms with E-state index in [9.17, 15) is 19.8 Å². The summed E-state index contributed by atoms with van der Waals surface area (Å²) in [5, 5.41) is 23.3. The van der Waals surface area contributed by atoms with E-state index in [0.717, 1.165) is 38.5 Å². The lowest BCUT2D eigenvalue weighted by Crippen LogP contribution is -2.45. The van der Waals surface area contributed by atoms with E-state index in [-0.39, 0.29) is 18.5 Å². The lowest BCUT2D eigenvalue weighted by Gasteiger charge is -2.22. The van der Waals surface area contributed by atoms with Crippen LogP contribution < -0.4 is 5.32 Å². The third-order valence-electron chi connectivity index (χ3n) is 14.7. The molecular formula is C61H121NO5. The highest BCUT2D eigenvalue weighted by atomic mass is 16.5. The molecule has 0 spiro atoms. The molecule has 6 nitrogen and oxygen atoms in total. The zero-order valence-corrected chi connectivity index (χ0v) is 45.7. The molecule has 400 valence electrons. The molecule has 1 amide bonds. The maximum absolute atomic E-state index is 12.5. The van der Waals surface area contributed by atoms with Crippen molar-refractivity contribution in [3.8, 4) is 0 Å². The molecule has 2 atom stereocenters. The summed E-state index contributed by atoms with van der Waals surface area (Å²) in [6, 6.07) is -0.545. The molecule has 3 N–H and O–H groups in total. The van der Waals surface area contributed by atoms with Crippen LogP contribution in [0.1, 0.15) is 354 Å². The average Bonchev–Trinajstić information content (AvgIpc) is 3.33. The summed E-state index contributed by atoms with van der Waals surface area (Å²) < 4.78 is 5.50. The molecular weight excluding hydrogens is 827 g/mol. The van der Waals surface area contributed by atoms with E-state index in [0.29, 0.717) is 25.9 Å². The number of nitrogens with one attached hydrogen (secondary N) is 1. The Morgan fingerprint density at radius 2 is 0.612 bits per heavy atom. The summed E-state index contributed by atoms with van der Waals surface area (Å²) in [6.07, 6.45) is 66.7. The van der Waals surface area contributed by atoms with Crippen LogP contribution in [0.4, 0.5) is 0 Å². The Morgan fingerprint density at radius 3 is 0.910 bits per heavy atom. The van der Waals surface area contributed by atoms with Crippen molar-refractivity contribution in [1.82, 2.24) is 5.32 Å². The van der Waals surface area contributed by atoms with Crippen molar-refractivity contribution in [2.45, 2.75) is 366 Å². The van der Waals surface area contributed by atoms with E-state index < -0.39 is 12.1 Å². The second-order valence-corrected chi connectivity index (χ2v) is 21.4. The van der Waals surface area contributed by atoms with Crippen molar-refractivity contribution in [3.63, 3.8) is 0 Å². The van der Waals surface area contributed by atoms with Crippen molar-refractivity contribution >= 4 is 11.9 Å². The first-order chi connectivity index (χ1) is 33.0. The zero-order chi connectivity index (χ0) is 48.6. The monoisotopic (exact) mass is 948 g/mol. The van der Waals surface area contributed by atoms with Crippen LogP contribution in [0, 0.1) is 0 Å². The van der Waals surface area contributed by atoms with E-state index in [1.54, 1.807) is 0 Å². The predicted molar refractivity (Wildman–Crippen MR) is 292 cm³/mol. The molecule has 0 aliphatic carbocycles. The molecule has 0 aromatic heterocycles. The van der Waals surface area contributed by atoms with Crippen LogP contribution in [-0.2, 0) is 14.3 Å². The average molecular weight is 949 g/mol. The molecule has 0 aliphatic rings. The van der Waals surface area contributed by atoms with Gasteiger partial charge in [0.05, 0.1) is 25.4 Å². The summed E-state index contributed by atoms with van der Waals surface area (Å²) in [6.45, 7) is 4.97. The van der Waals surface area contributed by atoms with E-state index in [2.05, 4.69) is 19.2 Å². The van der Waals surface area contributed by atoms with Gasteiger partial charge in [0, 0.05) is 12.8 Å². The number of rotatable bonds is 58. The summed E-state index contributed by atoms with van der Waals surface area (Å²) in [4.78, 5) is 24.6. The first kappa shape index (κ1) is 65.9. The van der Waals surface area contributed by atoms with Crippen LogP contribution in [-0.4, -0.2) is 47.4 Å². The molecule has 0 saturated carbocycles. The first-order valence-electron chi connectivity index (χ1n) is 30.8. The van der Waals surface area contributed by atoms with Crippen LogP contribution in [0.25, 0.3) is 0 Å². The second kappa shape index (κ2) is 57.4. The highest BCUT2D eigenvalue weighted by Gasteiger charge is 2.20. The van der Waals surface area contributed by atoms with Crippen molar-refractivity contribution in [1.29, 1.82) is 0 Å². The van der Waals surface area contributed by atoms with Crippen molar-refractivity contribution in [2.24, 2.45) is 0 Å². The Hall–Kier alpha value is -1.14. The van der Waals surface area contributed by atoms with Gasteiger partial charge in [0.1, 0.15) is 0 Å². The molecule has 2 unspecified atom stereocenters. The SMILES string of the molecule is CCCCCCCCCCCCCCCCCCCCCC(=O)OCCCCCCCCCCCCCCCCCCC(=O)NC(CO)C(O)CCCCCCCCCCCCCCCCC. The van der Waals surface area contributed by atoms with Gasteiger partial charge < -0.3 is 20.3 Å². The Bertz CT molecular complexity index is 959. The zero-order valence-electron chi connectivity index (χ0n) is 45.7. The van der Waals surface area contributed by atoms with Gasteiger partial charge in [-0.1, -0.05) is 316 Å². The number of ether oxygens (including phenoxy) is 1. The fourth-order valence-electron chi connectivity index (χ4n) is 9.94. The molecule has 0 fully saturated rings. The number of aliphatic hydroxyl groups is 2. The Balaban J connectivity index is 3.38. The predicted octanol–water partition coefficient (Wildman–Crippen LogP) is 19.1. The van der Waals surface area contributed by atoms with Gasteiger partial charge in [-0.25, -0.2) is 0 Å². The van der Waals surface area contributed by atoms with Gasteiger partial charge >= 0.3 is 5.97 Å². The molecule has 0 aromatic rings. The van der Waals surface area contributed by atoms with Crippen LogP contribution in [0.5, 0.6) is 0 Å². The molecule has 0 heterocycles. The second-order valence-electron chi connectivity index (χ2n) is 21.4. The number of amides is 1. The van der Waals surface area contributed by atoms with E-state index in [1.165, 1.54) is 283 Å². The highest BCUT2D eigenvalue weighted by molar-refractivity contribution is 5.76. The molecule has 0 radical (unpaired) electrons. The highest BCUT2D eigenvalue weighted by Crippen LogP contribution is 2.18. The van der Waals surface area contributed by atoms with Gasteiger partial charge in [-0.2, -0.15) is 0 Å². The minimum absolute atomic E-state index is 0.00912. The normalized spacial score (nSPS) is 12.5. The number of hydrogen-bond donors (Lipinski definition) is 3. The van der Waals surface area contributed by atoms with Crippen LogP contribution in [0.2, 0.25) is 0 Å². The van der Waals surface area contributed by atoms with E-state index in [4.69, 9.17) is 4.74 Å². The van der Waals surface area contributed by atoms with Crippen molar-refractivity contribution < 1.29 is 24.5 Å². The maximum atomic E-state index is 12.5. The quantitative estimate of drug-likeness (QED) is 0.0417. The summed E-state index contributed by atoms with van der Waals surface area (Å²) in [5.74, 6) is -0.0294. The standard InChI is InChI=1S/C61H121NO5/c1-3-5-7-9-11-13-15-17-19-20-21-22-27-31-35-39-43-47-51-55-61(66)67-56-52-48-44-40-36-32-28-24-23-26-30-34-38-42-46-50-54-60(65)62-58(57-63)59(64)53-49-45-41-37-33-29-25-18-16-14-12-10-8-6-4-2/h58-59,63-64H,3-57H2,1-2H3,(H,62,65). The molecule has 67 heavy (non-hydrogen) atoms. The van der Waals surface area contributed by atoms with E-state index >= 15 is 0 Å². The number of carbonyl (C=O) groups is 2. The maximum Gasteiger partial charge on any atom is 0.305 e. The fourth-order valence-corrected chi connectivity index (χ4v) is 9.94. The van der Waals surface area contributed by atoms with Gasteiger partial charge in [-0.3, -0.25) is 9.59 Å². The number of aliphatic hydroxyl groups excluding tert-OH is 2. The number of esters is 1. The number of unbranched alkanes of at least 4 members (excludes halogenated alkanes) is 47. The third kappa shape index (κ3) is 54.0. The molecule has 0 rings (SSSR count). The topological polar surface area (TPSA) is 95.9 Å². The third-order valence-corrected chi connectivity index (χ3v) is 14.7. The lowest BCUT2D eigenvalue weighted by atomic mass is 10.0. The minimum Gasteiger partial charge on any atom is -0.466 e. The minimum atomic E-state index is -0.667. The largest absolute Gasteiger partial charge is 0.466 e. The van der Waals surface area contributed by atoms with Gasteiger partial charge in [0.25, 0.3) is 0 Å². The molecule has 0 aromatic carbocycles. The number of hydrogen-bond acceptors (Lipinski definition) is 5. The molecule has 0 bridgehead atoms. The molecule has 0 saturated heterocycles. The number of carbonyl (C=O) groups excluding carboxylic acids is 2. The molecule has 6 heteroatoms. The van der Waals surface area contributed by atoms with E-state index in [1.807, 2.05) is 0 Å². The lowest BCUT2D eigenvalue weighted by molar-refractivity contribution is -0.143. The Kier molecular flexibility index (Phi) is 56.5. The van der Waals surface area contributed by atoms with Crippen LogP contribution in [0.3, 0.4) is 0 Å². The summed E-state index contributed by atoms with van der Waals surface area (Å²) in [7, 11) is 0. The van der Waals surface area contributed by atoms with Crippen molar-refractivity contribution in [3.05, 3.63) is 0 Å². The summed E-state index contributed by atoms with van der Waals surface area (Å²) >= 11 is 0. The Labute approximate surface area is 419 Å². The van der Waals surface area contributed by atoms with Crippen LogP contribution in [0.15, 0.2) is 0 Å². The van der Waals surface area contributed by atoms with Gasteiger partial charge in [0.15, 0.2) is 0 Å². The summed E-state index contributed by atoms with van der Waals surface area (Å²) in [5.41, 5.74) is 0. The first-order valence-corrected chi connectivity index (χ1v) is 30.8. The molecule has 0 aliphatic heterocycles. The van der Waals surface area contributed by atoms with Gasteiger partial charge in [-0.15, -0.1) is 0 Å². The van der Waals surface area contributed by atoms with Gasteiger partial charge in [-0.05, 0) is 25.7 Å². The smallest absolute Gasteiger partial charge is 0.305 e. The Morgan fingerprint density at radius 1 is 0.358 bits per heavy atom.